The number of benzene rings is 1. The lowest BCUT2D eigenvalue weighted by molar-refractivity contribution is -0.139. The molecule has 1 rings (SSSR count). The second-order valence-corrected chi connectivity index (χ2v) is 3.55. The molecular weight excluding hydrogens is 214 g/mol. The van der Waals surface area contributed by atoms with Crippen LogP contribution in [0.1, 0.15) is 12.0 Å². The van der Waals surface area contributed by atoms with E-state index in [-0.39, 0.29) is 5.97 Å². The van der Waals surface area contributed by atoms with Gasteiger partial charge in [0, 0.05) is 25.2 Å². The highest BCUT2D eigenvalue weighted by Crippen LogP contribution is 2.01. The van der Waals surface area contributed by atoms with Crippen molar-refractivity contribution in [2.75, 3.05) is 7.05 Å². The van der Waals surface area contributed by atoms with Crippen molar-refractivity contribution in [3.63, 3.8) is 0 Å². The van der Waals surface area contributed by atoms with Crippen molar-refractivity contribution in [2.24, 2.45) is 0 Å². The molecule has 1 aromatic carbocycles. The molecule has 0 heterocycles. The molecule has 0 aromatic heterocycles. The summed E-state index contributed by atoms with van der Waals surface area (Å²) in [7, 11) is 1.80. The Kier molecular flexibility index (Phi) is 5.58. The van der Waals surface area contributed by atoms with Crippen LogP contribution in [0.25, 0.3) is 0 Å². The molecule has 0 atom stereocenters. The SMILES string of the molecule is C=C(C/C=C/C(=O)OCc1ccccc1)NC. The van der Waals surface area contributed by atoms with E-state index in [1.165, 1.54) is 6.08 Å². The predicted octanol–water partition coefficient (Wildman–Crippen LogP) is 2.41. The van der Waals surface area contributed by atoms with Gasteiger partial charge in [-0.25, -0.2) is 4.79 Å². The number of esters is 1. The van der Waals surface area contributed by atoms with Gasteiger partial charge >= 0.3 is 5.97 Å². The fourth-order valence-corrected chi connectivity index (χ4v) is 1.18. The molecule has 0 unspecified atom stereocenters. The molecule has 0 radical (unpaired) electrons. The summed E-state index contributed by atoms with van der Waals surface area (Å²) in [5, 5.41) is 2.90. The second-order valence-electron chi connectivity index (χ2n) is 3.55. The molecule has 1 N–H and O–H groups in total. The Bertz CT molecular complexity index is 396. The lowest BCUT2D eigenvalue weighted by Gasteiger charge is -2.02. The average Bonchev–Trinajstić information content (AvgIpc) is 2.37. The monoisotopic (exact) mass is 231 g/mol. The Balaban J connectivity index is 2.28. The maximum Gasteiger partial charge on any atom is 0.330 e. The van der Waals surface area contributed by atoms with Crippen LogP contribution < -0.4 is 5.32 Å². The first-order chi connectivity index (χ1) is 8.22. The second kappa shape index (κ2) is 7.28. The number of nitrogens with one attached hydrogen (secondary N) is 1. The van der Waals surface area contributed by atoms with Gasteiger partial charge in [-0.15, -0.1) is 0 Å². The zero-order valence-corrected chi connectivity index (χ0v) is 9.98. The fraction of sp³-hybridized carbons (Fsp3) is 0.214. The molecule has 0 bridgehead atoms. The number of ether oxygens (including phenoxy) is 1. The van der Waals surface area contributed by atoms with Crippen LogP contribution in [0.3, 0.4) is 0 Å². The van der Waals surface area contributed by atoms with Gasteiger partial charge in [0.1, 0.15) is 6.61 Å². The van der Waals surface area contributed by atoms with Crippen LogP contribution in [0.4, 0.5) is 0 Å². The van der Waals surface area contributed by atoms with E-state index in [9.17, 15) is 4.79 Å². The Morgan fingerprint density at radius 1 is 1.41 bits per heavy atom. The molecule has 17 heavy (non-hydrogen) atoms. The Labute approximate surface area is 102 Å². The Morgan fingerprint density at radius 3 is 2.76 bits per heavy atom. The molecular formula is C14H17NO2. The van der Waals surface area contributed by atoms with Crippen molar-refractivity contribution < 1.29 is 9.53 Å². The first-order valence-electron chi connectivity index (χ1n) is 5.45. The zero-order chi connectivity index (χ0) is 12.5. The maximum atomic E-state index is 11.3. The molecule has 0 amide bonds. The van der Waals surface area contributed by atoms with Gasteiger partial charge in [0.25, 0.3) is 0 Å². The van der Waals surface area contributed by atoms with Crippen LogP contribution in [0.2, 0.25) is 0 Å². The Hall–Kier alpha value is -2.03. The number of hydrogen-bond donors (Lipinski definition) is 1. The molecule has 1 aromatic rings. The van der Waals surface area contributed by atoms with Gasteiger partial charge < -0.3 is 10.1 Å². The largest absolute Gasteiger partial charge is 0.458 e. The quantitative estimate of drug-likeness (QED) is 0.603. The summed E-state index contributed by atoms with van der Waals surface area (Å²) < 4.78 is 5.07. The lowest BCUT2D eigenvalue weighted by Crippen LogP contribution is -2.03. The first-order valence-corrected chi connectivity index (χ1v) is 5.45. The summed E-state index contributed by atoms with van der Waals surface area (Å²) in [6.07, 6.45) is 3.77. The van der Waals surface area contributed by atoms with E-state index in [2.05, 4.69) is 11.9 Å². The zero-order valence-electron chi connectivity index (χ0n) is 9.98. The number of allylic oxidation sites excluding steroid dienone is 1. The van der Waals surface area contributed by atoms with Crippen molar-refractivity contribution in [1.29, 1.82) is 0 Å². The fourth-order valence-electron chi connectivity index (χ4n) is 1.18. The van der Waals surface area contributed by atoms with E-state index >= 15 is 0 Å². The van der Waals surface area contributed by atoms with Gasteiger partial charge in [-0.05, 0) is 5.56 Å². The molecule has 3 nitrogen and oxygen atoms in total. The van der Waals surface area contributed by atoms with Gasteiger partial charge in [0.2, 0.25) is 0 Å². The highest BCUT2D eigenvalue weighted by atomic mass is 16.5. The highest BCUT2D eigenvalue weighted by Gasteiger charge is 1.97. The van der Waals surface area contributed by atoms with Crippen molar-refractivity contribution in [3.05, 3.63) is 60.3 Å². The van der Waals surface area contributed by atoms with Crippen LogP contribution in [-0.2, 0) is 16.1 Å². The van der Waals surface area contributed by atoms with Crippen LogP contribution in [-0.4, -0.2) is 13.0 Å². The molecule has 90 valence electrons. The number of rotatable bonds is 6. The molecule has 0 fully saturated rings. The van der Waals surface area contributed by atoms with E-state index in [1.54, 1.807) is 13.1 Å². The minimum absolute atomic E-state index is 0.303. The molecule has 0 saturated carbocycles. The van der Waals surface area contributed by atoms with Crippen molar-refractivity contribution in [1.82, 2.24) is 5.32 Å². The highest BCUT2D eigenvalue weighted by molar-refractivity contribution is 5.81. The third kappa shape index (κ3) is 5.56. The molecule has 0 spiro atoms. The number of hydrogen-bond acceptors (Lipinski definition) is 3. The van der Waals surface area contributed by atoms with E-state index < -0.39 is 0 Å². The minimum atomic E-state index is -0.335. The van der Waals surface area contributed by atoms with E-state index in [1.807, 2.05) is 30.3 Å². The summed E-state index contributed by atoms with van der Waals surface area (Å²) in [6, 6.07) is 9.58. The lowest BCUT2D eigenvalue weighted by atomic mass is 10.2. The summed E-state index contributed by atoms with van der Waals surface area (Å²) in [4.78, 5) is 11.3. The first kappa shape index (κ1) is 13.0. The third-order valence-corrected chi connectivity index (χ3v) is 2.20. The van der Waals surface area contributed by atoms with Gasteiger partial charge in [-0.3, -0.25) is 0 Å². The van der Waals surface area contributed by atoms with E-state index in [0.717, 1.165) is 11.3 Å². The smallest absolute Gasteiger partial charge is 0.330 e. The molecule has 0 aliphatic carbocycles. The summed E-state index contributed by atoms with van der Waals surface area (Å²) in [5.74, 6) is -0.335. The summed E-state index contributed by atoms with van der Waals surface area (Å²) in [6.45, 7) is 4.05. The van der Waals surface area contributed by atoms with Gasteiger partial charge in [-0.1, -0.05) is 43.0 Å². The van der Waals surface area contributed by atoms with E-state index in [4.69, 9.17) is 4.74 Å². The third-order valence-electron chi connectivity index (χ3n) is 2.20. The van der Waals surface area contributed by atoms with Crippen molar-refractivity contribution in [3.8, 4) is 0 Å². The summed E-state index contributed by atoms with van der Waals surface area (Å²) >= 11 is 0. The Morgan fingerprint density at radius 2 is 2.12 bits per heavy atom. The topological polar surface area (TPSA) is 38.3 Å². The molecule has 0 saturated heterocycles. The van der Waals surface area contributed by atoms with Gasteiger partial charge in [0.05, 0.1) is 0 Å². The normalized spacial score (nSPS) is 10.2. The van der Waals surface area contributed by atoms with Crippen LogP contribution in [0.5, 0.6) is 0 Å². The van der Waals surface area contributed by atoms with Crippen LogP contribution in [0, 0.1) is 0 Å². The molecule has 0 aliphatic rings. The predicted molar refractivity (Wildman–Crippen MR) is 68.2 cm³/mol. The van der Waals surface area contributed by atoms with Gasteiger partial charge in [-0.2, -0.15) is 0 Å². The van der Waals surface area contributed by atoms with E-state index in [0.29, 0.717) is 13.0 Å². The van der Waals surface area contributed by atoms with Crippen molar-refractivity contribution >= 4 is 5.97 Å². The maximum absolute atomic E-state index is 11.3. The molecule has 3 heteroatoms. The molecule has 0 aliphatic heterocycles. The standard InChI is InChI=1S/C14H17NO2/c1-12(15-2)7-6-10-14(16)17-11-13-8-4-3-5-9-13/h3-6,8-10,15H,1,7,11H2,2H3/b10-6+. The average molecular weight is 231 g/mol. The minimum Gasteiger partial charge on any atom is -0.458 e. The number of carbonyl (C=O) groups excluding carboxylic acids is 1. The summed E-state index contributed by atoms with van der Waals surface area (Å²) in [5.41, 5.74) is 1.84. The van der Waals surface area contributed by atoms with Crippen LogP contribution >= 0.6 is 0 Å². The number of carbonyl (C=O) groups is 1. The van der Waals surface area contributed by atoms with Crippen LogP contribution in [0.15, 0.2) is 54.8 Å². The van der Waals surface area contributed by atoms with Crippen molar-refractivity contribution in [2.45, 2.75) is 13.0 Å². The van der Waals surface area contributed by atoms with Gasteiger partial charge in [0.15, 0.2) is 0 Å².